The third-order valence-corrected chi connectivity index (χ3v) is 5.39. The summed E-state index contributed by atoms with van der Waals surface area (Å²) in [5, 5.41) is 3.58. The molecule has 0 spiro atoms. The molecule has 5 heteroatoms. The minimum atomic E-state index is -0.165. The van der Waals surface area contributed by atoms with Crippen LogP contribution in [0, 0.1) is 6.92 Å². The van der Waals surface area contributed by atoms with E-state index in [9.17, 15) is 4.79 Å². The van der Waals surface area contributed by atoms with Crippen LogP contribution in [0.4, 0.5) is 11.5 Å². The van der Waals surface area contributed by atoms with E-state index < -0.39 is 0 Å². The molecular weight excluding hydrogens is 358 g/mol. The van der Waals surface area contributed by atoms with Crippen LogP contribution in [0.5, 0.6) is 0 Å². The van der Waals surface area contributed by atoms with E-state index in [1.165, 1.54) is 11.1 Å². The summed E-state index contributed by atoms with van der Waals surface area (Å²) in [6, 6.07) is 17.5. The average molecular weight is 378 g/mol. The summed E-state index contributed by atoms with van der Waals surface area (Å²) in [6.07, 6.45) is 2.67. The van der Waals surface area contributed by atoms with Crippen molar-refractivity contribution in [1.82, 2.24) is 4.98 Å². The number of hydrogen-bond donors (Lipinski definition) is 1. The molecule has 1 amide bonds. The number of anilines is 2. The van der Waals surface area contributed by atoms with Crippen molar-refractivity contribution in [2.75, 3.05) is 16.8 Å². The Morgan fingerprint density at radius 3 is 2.78 bits per heavy atom. The molecule has 0 aliphatic carbocycles. The normalized spacial score (nSPS) is 13.2. The Hall–Kier alpha value is -2.85. The van der Waals surface area contributed by atoms with Gasteiger partial charge in [-0.15, -0.1) is 0 Å². The number of nitrogens with zero attached hydrogens (tertiary/aromatic N) is 2. The van der Waals surface area contributed by atoms with Gasteiger partial charge in [-0.2, -0.15) is 0 Å². The van der Waals surface area contributed by atoms with Crippen LogP contribution in [0.15, 0.2) is 60.8 Å². The van der Waals surface area contributed by atoms with Crippen molar-refractivity contribution < 1.29 is 4.79 Å². The minimum Gasteiger partial charge on any atom is -0.352 e. The summed E-state index contributed by atoms with van der Waals surface area (Å²) in [4.78, 5) is 19.4. The first kappa shape index (κ1) is 17.6. The highest BCUT2D eigenvalue weighted by Gasteiger charge is 2.18. The standard InChI is InChI=1S/C22H20ClN3O/c1-15-19(23)7-4-8-20(15)25-22(27)17-9-11-24-21(13-17)26-12-10-16-5-2-3-6-18(16)14-26/h2-9,11,13H,10,12,14H2,1H3,(H,25,27). The molecule has 1 aromatic heterocycles. The molecule has 2 aromatic carbocycles. The Balaban J connectivity index is 1.54. The van der Waals surface area contributed by atoms with Gasteiger partial charge >= 0.3 is 0 Å². The van der Waals surface area contributed by atoms with Gasteiger partial charge in [0.25, 0.3) is 5.91 Å². The lowest BCUT2D eigenvalue weighted by atomic mass is 10.00. The van der Waals surface area contributed by atoms with Gasteiger partial charge in [0.05, 0.1) is 0 Å². The molecule has 2 heterocycles. The first-order chi connectivity index (χ1) is 13.1. The van der Waals surface area contributed by atoms with E-state index in [0.717, 1.165) is 36.6 Å². The third kappa shape index (κ3) is 3.67. The first-order valence-corrected chi connectivity index (χ1v) is 9.34. The number of amides is 1. The fourth-order valence-electron chi connectivity index (χ4n) is 3.36. The Kier molecular flexibility index (Phi) is 4.82. The van der Waals surface area contributed by atoms with Crippen molar-refractivity contribution in [3.05, 3.63) is 88.1 Å². The van der Waals surface area contributed by atoms with E-state index in [-0.39, 0.29) is 5.91 Å². The van der Waals surface area contributed by atoms with E-state index in [2.05, 4.69) is 39.5 Å². The Bertz CT molecular complexity index is 1000. The van der Waals surface area contributed by atoms with Gasteiger partial charge in [0.15, 0.2) is 0 Å². The molecule has 0 saturated carbocycles. The van der Waals surface area contributed by atoms with E-state index >= 15 is 0 Å². The number of benzene rings is 2. The number of carbonyl (C=O) groups is 1. The predicted octanol–water partition coefficient (Wildman–Crippen LogP) is 4.86. The zero-order valence-electron chi connectivity index (χ0n) is 15.1. The SMILES string of the molecule is Cc1c(Cl)cccc1NC(=O)c1ccnc(N2CCc3ccccc3C2)c1. The van der Waals surface area contributed by atoms with Gasteiger partial charge in [-0.05, 0) is 54.3 Å². The van der Waals surface area contributed by atoms with Gasteiger partial charge in [-0.3, -0.25) is 4.79 Å². The van der Waals surface area contributed by atoms with E-state index in [4.69, 9.17) is 11.6 Å². The molecular formula is C22H20ClN3O. The van der Waals surface area contributed by atoms with Crippen molar-refractivity contribution >= 4 is 29.0 Å². The molecule has 1 N–H and O–H groups in total. The van der Waals surface area contributed by atoms with Gasteiger partial charge in [-0.25, -0.2) is 4.98 Å². The lowest BCUT2D eigenvalue weighted by Gasteiger charge is -2.29. The molecule has 0 saturated heterocycles. The Labute approximate surface area is 163 Å². The van der Waals surface area contributed by atoms with Gasteiger partial charge in [0, 0.05) is 35.6 Å². The molecule has 0 unspecified atom stereocenters. The lowest BCUT2D eigenvalue weighted by Crippen LogP contribution is -2.31. The smallest absolute Gasteiger partial charge is 0.255 e. The molecule has 0 radical (unpaired) electrons. The monoisotopic (exact) mass is 377 g/mol. The Morgan fingerprint density at radius 1 is 1.11 bits per heavy atom. The molecule has 4 rings (SSSR count). The van der Waals surface area contributed by atoms with E-state index in [0.29, 0.717) is 10.6 Å². The van der Waals surface area contributed by atoms with Crippen LogP contribution in [-0.2, 0) is 13.0 Å². The third-order valence-electron chi connectivity index (χ3n) is 4.98. The molecule has 136 valence electrons. The summed E-state index contributed by atoms with van der Waals surface area (Å²) < 4.78 is 0. The van der Waals surface area contributed by atoms with Crippen molar-refractivity contribution in [3.63, 3.8) is 0 Å². The van der Waals surface area contributed by atoms with Crippen molar-refractivity contribution in [2.24, 2.45) is 0 Å². The van der Waals surface area contributed by atoms with Crippen LogP contribution >= 0.6 is 11.6 Å². The second kappa shape index (κ2) is 7.41. The van der Waals surface area contributed by atoms with Crippen LogP contribution < -0.4 is 10.2 Å². The second-order valence-corrected chi connectivity index (χ2v) is 7.12. The van der Waals surface area contributed by atoms with Crippen LogP contribution in [0.2, 0.25) is 5.02 Å². The number of nitrogens with one attached hydrogen (secondary N) is 1. The highest BCUT2D eigenvalue weighted by molar-refractivity contribution is 6.31. The number of hydrogen-bond acceptors (Lipinski definition) is 3. The summed E-state index contributed by atoms with van der Waals surface area (Å²) in [5.74, 6) is 0.654. The lowest BCUT2D eigenvalue weighted by molar-refractivity contribution is 0.102. The first-order valence-electron chi connectivity index (χ1n) is 8.96. The highest BCUT2D eigenvalue weighted by Crippen LogP contribution is 2.25. The molecule has 27 heavy (non-hydrogen) atoms. The summed E-state index contributed by atoms with van der Waals surface area (Å²) in [5.41, 5.74) is 4.86. The molecule has 1 aliphatic rings. The molecule has 3 aromatic rings. The molecule has 4 nitrogen and oxygen atoms in total. The van der Waals surface area contributed by atoms with Crippen molar-refractivity contribution in [3.8, 4) is 0 Å². The number of halogens is 1. The van der Waals surface area contributed by atoms with Gasteiger partial charge in [0.1, 0.15) is 5.82 Å². The van der Waals surface area contributed by atoms with Crippen LogP contribution in [0.3, 0.4) is 0 Å². The topological polar surface area (TPSA) is 45.2 Å². The maximum atomic E-state index is 12.7. The van der Waals surface area contributed by atoms with E-state index in [1.807, 2.05) is 31.2 Å². The number of fused-ring (bicyclic) bond motifs is 1. The molecule has 1 aliphatic heterocycles. The predicted molar refractivity (Wildman–Crippen MR) is 110 cm³/mol. The number of pyridine rings is 1. The largest absolute Gasteiger partial charge is 0.352 e. The van der Waals surface area contributed by atoms with Gasteiger partial charge in [0.2, 0.25) is 0 Å². The fraction of sp³-hybridized carbons (Fsp3) is 0.182. The van der Waals surface area contributed by atoms with Crippen molar-refractivity contribution in [1.29, 1.82) is 0 Å². The zero-order chi connectivity index (χ0) is 18.8. The van der Waals surface area contributed by atoms with E-state index in [1.54, 1.807) is 12.3 Å². The van der Waals surface area contributed by atoms with Crippen LogP contribution in [-0.4, -0.2) is 17.4 Å². The second-order valence-electron chi connectivity index (χ2n) is 6.71. The van der Waals surface area contributed by atoms with Crippen molar-refractivity contribution in [2.45, 2.75) is 19.9 Å². The molecule has 0 fully saturated rings. The molecule has 0 atom stereocenters. The highest BCUT2D eigenvalue weighted by atomic mass is 35.5. The van der Waals surface area contributed by atoms with Crippen LogP contribution in [0.1, 0.15) is 27.0 Å². The maximum Gasteiger partial charge on any atom is 0.255 e. The number of carbonyl (C=O) groups excluding carboxylic acids is 1. The molecule has 0 bridgehead atoms. The quantitative estimate of drug-likeness (QED) is 0.709. The van der Waals surface area contributed by atoms with Crippen LogP contribution in [0.25, 0.3) is 0 Å². The maximum absolute atomic E-state index is 12.7. The number of aromatic nitrogens is 1. The fourth-order valence-corrected chi connectivity index (χ4v) is 3.54. The summed E-state index contributed by atoms with van der Waals surface area (Å²) in [7, 11) is 0. The summed E-state index contributed by atoms with van der Waals surface area (Å²) >= 11 is 6.14. The zero-order valence-corrected chi connectivity index (χ0v) is 15.8. The Morgan fingerprint density at radius 2 is 1.93 bits per heavy atom. The summed E-state index contributed by atoms with van der Waals surface area (Å²) in [6.45, 7) is 3.59. The minimum absolute atomic E-state index is 0.165. The van der Waals surface area contributed by atoms with Gasteiger partial charge in [-0.1, -0.05) is 41.9 Å². The number of rotatable bonds is 3. The average Bonchev–Trinajstić information content (AvgIpc) is 2.71. The van der Waals surface area contributed by atoms with Gasteiger partial charge < -0.3 is 10.2 Å².